The van der Waals surface area contributed by atoms with E-state index in [-0.39, 0.29) is 5.91 Å². The number of nitrogens with one attached hydrogen (secondary N) is 1. The summed E-state index contributed by atoms with van der Waals surface area (Å²) in [5.41, 5.74) is 3.66. The molecule has 0 aliphatic carbocycles. The molecule has 1 heterocycles. The van der Waals surface area contributed by atoms with Gasteiger partial charge in [-0.1, -0.05) is 36.4 Å². The maximum absolute atomic E-state index is 12.1. The Balaban J connectivity index is 1.51. The number of amides is 1. The van der Waals surface area contributed by atoms with Gasteiger partial charge in [-0.05, 0) is 45.6 Å². The maximum Gasteiger partial charge on any atom is 0.225 e. The number of hydrogen-bond donors (Lipinski definition) is 1. The van der Waals surface area contributed by atoms with Crippen LogP contribution in [0.2, 0.25) is 0 Å². The SMILES string of the molecule is O=C(CCN1CCc2ccccc2C1)Nc1ccccc1Br. The molecule has 0 bridgehead atoms. The summed E-state index contributed by atoms with van der Waals surface area (Å²) in [4.78, 5) is 14.4. The van der Waals surface area contributed by atoms with Gasteiger partial charge < -0.3 is 5.32 Å². The molecule has 3 rings (SSSR count). The highest BCUT2D eigenvalue weighted by Gasteiger charge is 2.16. The number of rotatable bonds is 4. The van der Waals surface area contributed by atoms with Crippen LogP contribution in [0.3, 0.4) is 0 Å². The van der Waals surface area contributed by atoms with E-state index in [2.05, 4.69) is 50.4 Å². The molecule has 4 heteroatoms. The molecule has 2 aromatic rings. The average molecular weight is 359 g/mol. The van der Waals surface area contributed by atoms with Gasteiger partial charge in [0.15, 0.2) is 0 Å². The number of anilines is 1. The Kier molecular flexibility index (Phi) is 4.90. The second-order valence-electron chi connectivity index (χ2n) is 5.57. The molecule has 114 valence electrons. The van der Waals surface area contributed by atoms with Gasteiger partial charge >= 0.3 is 0 Å². The molecule has 0 aromatic heterocycles. The predicted octanol–water partition coefficient (Wildman–Crippen LogP) is 3.84. The van der Waals surface area contributed by atoms with E-state index in [1.54, 1.807) is 0 Å². The van der Waals surface area contributed by atoms with Crippen LogP contribution in [0.5, 0.6) is 0 Å². The lowest BCUT2D eigenvalue weighted by Gasteiger charge is -2.28. The minimum Gasteiger partial charge on any atom is -0.325 e. The molecule has 0 saturated heterocycles. The van der Waals surface area contributed by atoms with Gasteiger partial charge in [-0.3, -0.25) is 9.69 Å². The molecule has 3 nitrogen and oxygen atoms in total. The highest BCUT2D eigenvalue weighted by atomic mass is 79.9. The summed E-state index contributed by atoms with van der Waals surface area (Å²) in [6, 6.07) is 16.2. The molecular formula is C18H19BrN2O. The van der Waals surface area contributed by atoms with E-state index in [9.17, 15) is 4.79 Å². The van der Waals surface area contributed by atoms with Gasteiger partial charge in [0.25, 0.3) is 0 Å². The fourth-order valence-corrected chi connectivity index (χ4v) is 3.16. The van der Waals surface area contributed by atoms with Crippen molar-refractivity contribution in [3.63, 3.8) is 0 Å². The van der Waals surface area contributed by atoms with Crippen molar-refractivity contribution in [1.82, 2.24) is 4.90 Å². The molecule has 0 fully saturated rings. The molecule has 0 atom stereocenters. The molecule has 2 aromatic carbocycles. The number of fused-ring (bicyclic) bond motifs is 1. The van der Waals surface area contributed by atoms with Crippen molar-refractivity contribution in [2.75, 3.05) is 18.4 Å². The summed E-state index contributed by atoms with van der Waals surface area (Å²) in [6.07, 6.45) is 1.59. The summed E-state index contributed by atoms with van der Waals surface area (Å²) >= 11 is 3.45. The van der Waals surface area contributed by atoms with Crippen LogP contribution in [0.4, 0.5) is 5.69 Å². The smallest absolute Gasteiger partial charge is 0.225 e. The van der Waals surface area contributed by atoms with E-state index in [1.165, 1.54) is 11.1 Å². The number of benzene rings is 2. The normalized spacial score (nSPS) is 14.4. The molecule has 22 heavy (non-hydrogen) atoms. The van der Waals surface area contributed by atoms with Gasteiger partial charge in [-0.15, -0.1) is 0 Å². The van der Waals surface area contributed by atoms with Crippen molar-refractivity contribution in [2.45, 2.75) is 19.4 Å². The zero-order valence-corrected chi connectivity index (χ0v) is 14.0. The van der Waals surface area contributed by atoms with Crippen LogP contribution in [0.15, 0.2) is 53.0 Å². The van der Waals surface area contributed by atoms with Gasteiger partial charge in [0.1, 0.15) is 0 Å². The Morgan fingerprint density at radius 3 is 2.64 bits per heavy atom. The van der Waals surface area contributed by atoms with Gasteiger partial charge in [0.2, 0.25) is 5.91 Å². The lowest BCUT2D eigenvalue weighted by atomic mass is 10.00. The summed E-state index contributed by atoms with van der Waals surface area (Å²) < 4.78 is 0.912. The predicted molar refractivity (Wildman–Crippen MR) is 92.8 cm³/mol. The Labute approximate surface area is 139 Å². The second-order valence-corrected chi connectivity index (χ2v) is 6.43. The van der Waals surface area contributed by atoms with Crippen molar-refractivity contribution in [3.05, 3.63) is 64.1 Å². The maximum atomic E-state index is 12.1. The first-order valence-electron chi connectivity index (χ1n) is 7.56. The number of halogens is 1. The third kappa shape index (κ3) is 3.76. The minimum atomic E-state index is 0.0609. The molecule has 1 aliphatic heterocycles. The van der Waals surface area contributed by atoms with Crippen LogP contribution in [0.1, 0.15) is 17.5 Å². The van der Waals surface area contributed by atoms with Crippen molar-refractivity contribution in [2.24, 2.45) is 0 Å². The number of nitrogens with zero attached hydrogens (tertiary/aromatic N) is 1. The van der Waals surface area contributed by atoms with E-state index in [1.807, 2.05) is 24.3 Å². The third-order valence-electron chi connectivity index (χ3n) is 4.01. The van der Waals surface area contributed by atoms with Crippen LogP contribution in [-0.4, -0.2) is 23.9 Å². The molecule has 0 radical (unpaired) electrons. The number of carbonyl (C=O) groups excluding carboxylic acids is 1. The van der Waals surface area contributed by atoms with Crippen molar-refractivity contribution >= 4 is 27.5 Å². The van der Waals surface area contributed by atoms with E-state index in [0.29, 0.717) is 6.42 Å². The van der Waals surface area contributed by atoms with E-state index in [4.69, 9.17) is 0 Å². The Morgan fingerprint density at radius 1 is 1.09 bits per heavy atom. The quantitative estimate of drug-likeness (QED) is 0.900. The van der Waals surface area contributed by atoms with Crippen LogP contribution >= 0.6 is 15.9 Å². The highest BCUT2D eigenvalue weighted by molar-refractivity contribution is 9.10. The fourth-order valence-electron chi connectivity index (χ4n) is 2.78. The minimum absolute atomic E-state index is 0.0609. The lowest BCUT2D eigenvalue weighted by molar-refractivity contribution is -0.116. The highest BCUT2D eigenvalue weighted by Crippen LogP contribution is 2.22. The van der Waals surface area contributed by atoms with E-state index < -0.39 is 0 Å². The monoisotopic (exact) mass is 358 g/mol. The van der Waals surface area contributed by atoms with Crippen molar-refractivity contribution < 1.29 is 4.79 Å². The first-order chi connectivity index (χ1) is 10.7. The first-order valence-corrected chi connectivity index (χ1v) is 8.35. The Bertz CT molecular complexity index is 672. The van der Waals surface area contributed by atoms with Crippen LogP contribution in [0, 0.1) is 0 Å². The van der Waals surface area contributed by atoms with Crippen LogP contribution < -0.4 is 5.32 Å². The molecule has 1 amide bonds. The van der Waals surface area contributed by atoms with Gasteiger partial charge in [0, 0.05) is 30.5 Å². The van der Waals surface area contributed by atoms with Gasteiger partial charge in [-0.25, -0.2) is 0 Å². The summed E-state index contributed by atoms with van der Waals surface area (Å²) in [5, 5.41) is 2.96. The molecule has 0 unspecified atom stereocenters. The van der Waals surface area contributed by atoms with Crippen molar-refractivity contribution in [3.8, 4) is 0 Å². The number of carbonyl (C=O) groups is 1. The van der Waals surface area contributed by atoms with Gasteiger partial charge in [0.05, 0.1) is 5.69 Å². The topological polar surface area (TPSA) is 32.3 Å². The van der Waals surface area contributed by atoms with E-state index >= 15 is 0 Å². The zero-order valence-electron chi connectivity index (χ0n) is 12.4. The number of para-hydroxylation sites is 1. The zero-order chi connectivity index (χ0) is 15.4. The molecular weight excluding hydrogens is 340 g/mol. The summed E-state index contributed by atoms with van der Waals surface area (Å²) in [7, 11) is 0. The largest absolute Gasteiger partial charge is 0.325 e. The summed E-state index contributed by atoms with van der Waals surface area (Å²) in [5.74, 6) is 0.0609. The van der Waals surface area contributed by atoms with Gasteiger partial charge in [-0.2, -0.15) is 0 Å². The summed E-state index contributed by atoms with van der Waals surface area (Å²) in [6.45, 7) is 2.77. The standard InChI is InChI=1S/C18H19BrN2O/c19-16-7-3-4-8-17(16)20-18(22)10-12-21-11-9-14-5-1-2-6-15(14)13-21/h1-8H,9-13H2,(H,20,22). The van der Waals surface area contributed by atoms with E-state index in [0.717, 1.165) is 36.2 Å². The van der Waals surface area contributed by atoms with Crippen LogP contribution in [0.25, 0.3) is 0 Å². The lowest BCUT2D eigenvalue weighted by Crippen LogP contribution is -2.33. The first kappa shape index (κ1) is 15.3. The molecule has 1 aliphatic rings. The molecule has 0 spiro atoms. The average Bonchev–Trinajstić information content (AvgIpc) is 2.55. The molecule has 1 N–H and O–H groups in total. The van der Waals surface area contributed by atoms with Crippen LogP contribution in [-0.2, 0) is 17.8 Å². The molecule has 0 saturated carbocycles. The Morgan fingerprint density at radius 2 is 1.82 bits per heavy atom. The number of hydrogen-bond acceptors (Lipinski definition) is 2. The third-order valence-corrected chi connectivity index (χ3v) is 4.70. The second kappa shape index (κ2) is 7.07. The van der Waals surface area contributed by atoms with Crippen molar-refractivity contribution in [1.29, 1.82) is 0 Å². The fraction of sp³-hybridized carbons (Fsp3) is 0.278. The Hall–Kier alpha value is -1.65.